The van der Waals surface area contributed by atoms with Crippen LogP contribution in [0, 0.1) is 9.49 Å². The van der Waals surface area contributed by atoms with Crippen molar-refractivity contribution in [2.45, 2.75) is 19.4 Å². The Morgan fingerprint density at radius 1 is 1.69 bits per heavy atom. The molecule has 13 heavy (non-hydrogen) atoms. The van der Waals surface area contributed by atoms with Crippen molar-refractivity contribution >= 4 is 22.6 Å². The fourth-order valence-electron chi connectivity index (χ4n) is 1.78. The monoisotopic (exact) mass is 291 g/mol. The molecule has 72 valence electrons. The molecule has 2 rings (SSSR count). The Hall–Kier alpha value is -0.100. The Morgan fingerprint density at radius 2 is 2.62 bits per heavy atom. The molecule has 1 unspecified atom stereocenters. The van der Waals surface area contributed by atoms with E-state index in [1.54, 1.807) is 0 Å². The first kappa shape index (κ1) is 9.45. The molecule has 1 N–H and O–H groups in total. The second-order valence-electron chi connectivity index (χ2n) is 3.59. The fourth-order valence-corrected chi connectivity index (χ4v) is 2.23. The molecular weight excluding hydrogens is 277 g/mol. The molecule has 1 aliphatic rings. The Kier molecular flexibility index (Phi) is 3.21. The molecule has 0 spiro atoms. The van der Waals surface area contributed by atoms with E-state index in [4.69, 9.17) is 0 Å². The Labute approximate surface area is 92.0 Å². The van der Waals surface area contributed by atoms with E-state index < -0.39 is 0 Å². The molecule has 0 radical (unpaired) electrons. The number of rotatable bonds is 2. The Morgan fingerprint density at radius 3 is 3.23 bits per heavy atom. The highest BCUT2D eigenvalue weighted by atomic mass is 127. The van der Waals surface area contributed by atoms with E-state index in [1.165, 1.54) is 23.0 Å². The van der Waals surface area contributed by atoms with Crippen LogP contribution < -0.4 is 5.32 Å². The molecule has 0 amide bonds. The van der Waals surface area contributed by atoms with E-state index in [0.29, 0.717) is 0 Å². The van der Waals surface area contributed by atoms with Crippen molar-refractivity contribution in [3.8, 4) is 0 Å². The van der Waals surface area contributed by atoms with E-state index in [9.17, 15) is 0 Å². The largest absolute Gasteiger partial charge is 0.316 e. The Balaban J connectivity index is 1.89. The summed E-state index contributed by atoms with van der Waals surface area (Å²) in [5, 5.41) is 7.71. The minimum absolute atomic E-state index is 0.768. The minimum Gasteiger partial charge on any atom is -0.316 e. The van der Waals surface area contributed by atoms with Crippen LogP contribution in [0.2, 0.25) is 0 Å². The molecule has 1 fully saturated rings. The predicted molar refractivity (Wildman–Crippen MR) is 60.5 cm³/mol. The average molecular weight is 291 g/mol. The fraction of sp³-hybridized carbons (Fsp3) is 0.667. The van der Waals surface area contributed by atoms with Crippen LogP contribution in [0.3, 0.4) is 0 Å². The smallest absolute Gasteiger partial charge is 0.0623 e. The van der Waals surface area contributed by atoms with Crippen LogP contribution in [0.15, 0.2) is 12.4 Å². The van der Waals surface area contributed by atoms with Gasteiger partial charge < -0.3 is 5.32 Å². The molecule has 1 atom stereocenters. The first-order chi connectivity index (χ1) is 6.34. The topological polar surface area (TPSA) is 29.9 Å². The summed E-state index contributed by atoms with van der Waals surface area (Å²) < 4.78 is 3.28. The summed E-state index contributed by atoms with van der Waals surface area (Å²) >= 11 is 2.30. The van der Waals surface area contributed by atoms with Gasteiger partial charge in [-0.25, -0.2) is 0 Å². The van der Waals surface area contributed by atoms with Crippen molar-refractivity contribution in [1.82, 2.24) is 15.1 Å². The number of nitrogens with zero attached hydrogens (tertiary/aromatic N) is 2. The highest BCUT2D eigenvalue weighted by molar-refractivity contribution is 14.1. The van der Waals surface area contributed by atoms with Gasteiger partial charge in [-0.2, -0.15) is 5.10 Å². The molecule has 1 saturated heterocycles. The van der Waals surface area contributed by atoms with Crippen LogP contribution in [-0.2, 0) is 6.54 Å². The zero-order chi connectivity index (χ0) is 9.10. The molecule has 4 heteroatoms. The van der Waals surface area contributed by atoms with Gasteiger partial charge in [0.05, 0.1) is 9.77 Å². The first-order valence-electron chi connectivity index (χ1n) is 4.73. The third kappa shape index (κ3) is 2.67. The van der Waals surface area contributed by atoms with E-state index in [-0.39, 0.29) is 0 Å². The molecule has 0 aromatic carbocycles. The van der Waals surface area contributed by atoms with Crippen LogP contribution in [0.25, 0.3) is 0 Å². The van der Waals surface area contributed by atoms with Crippen molar-refractivity contribution in [1.29, 1.82) is 0 Å². The number of hydrogen-bond donors (Lipinski definition) is 1. The molecule has 3 nitrogen and oxygen atoms in total. The van der Waals surface area contributed by atoms with Gasteiger partial charge in [0.15, 0.2) is 0 Å². The van der Waals surface area contributed by atoms with E-state index in [2.05, 4.69) is 43.9 Å². The molecule has 1 aliphatic heterocycles. The maximum absolute atomic E-state index is 4.29. The van der Waals surface area contributed by atoms with Gasteiger partial charge in [0.25, 0.3) is 0 Å². The maximum Gasteiger partial charge on any atom is 0.0623 e. The van der Waals surface area contributed by atoms with Gasteiger partial charge in [0, 0.05) is 12.7 Å². The standard InChI is InChI=1S/C9H14IN3/c10-9-5-12-13(7-9)6-8-2-1-3-11-4-8/h5,7-8,11H,1-4,6H2. The predicted octanol–water partition coefficient (Wildman–Crippen LogP) is 1.49. The summed E-state index contributed by atoms with van der Waals surface area (Å²) in [5.74, 6) is 0.768. The second kappa shape index (κ2) is 4.41. The highest BCUT2D eigenvalue weighted by Gasteiger charge is 2.13. The maximum atomic E-state index is 4.29. The number of nitrogens with one attached hydrogen (secondary N) is 1. The zero-order valence-electron chi connectivity index (χ0n) is 7.54. The zero-order valence-corrected chi connectivity index (χ0v) is 9.70. The van der Waals surface area contributed by atoms with Gasteiger partial charge >= 0.3 is 0 Å². The van der Waals surface area contributed by atoms with E-state index in [1.807, 2.05) is 6.20 Å². The summed E-state index contributed by atoms with van der Waals surface area (Å²) in [4.78, 5) is 0. The number of halogens is 1. The quantitative estimate of drug-likeness (QED) is 0.837. The van der Waals surface area contributed by atoms with Gasteiger partial charge in [-0.05, 0) is 54.4 Å². The summed E-state index contributed by atoms with van der Waals surface area (Å²) in [7, 11) is 0. The number of hydrogen-bond acceptors (Lipinski definition) is 2. The van der Waals surface area contributed by atoms with Crippen LogP contribution in [0.1, 0.15) is 12.8 Å². The van der Waals surface area contributed by atoms with E-state index >= 15 is 0 Å². The third-order valence-electron chi connectivity index (χ3n) is 2.45. The lowest BCUT2D eigenvalue weighted by molar-refractivity contribution is 0.325. The minimum atomic E-state index is 0.768. The van der Waals surface area contributed by atoms with Gasteiger partial charge in [-0.3, -0.25) is 4.68 Å². The van der Waals surface area contributed by atoms with Crippen molar-refractivity contribution in [3.05, 3.63) is 16.0 Å². The Bertz CT molecular complexity index is 266. The van der Waals surface area contributed by atoms with Crippen molar-refractivity contribution in [3.63, 3.8) is 0 Å². The molecule has 1 aromatic heterocycles. The van der Waals surface area contributed by atoms with Crippen molar-refractivity contribution < 1.29 is 0 Å². The third-order valence-corrected chi connectivity index (χ3v) is 3.00. The molecule has 0 bridgehead atoms. The lowest BCUT2D eigenvalue weighted by atomic mass is 10.00. The average Bonchev–Trinajstić information content (AvgIpc) is 2.53. The summed E-state index contributed by atoms with van der Waals surface area (Å²) in [6.07, 6.45) is 6.67. The highest BCUT2D eigenvalue weighted by Crippen LogP contribution is 2.12. The van der Waals surface area contributed by atoms with Gasteiger partial charge in [0.1, 0.15) is 0 Å². The van der Waals surface area contributed by atoms with Crippen LogP contribution in [0.5, 0.6) is 0 Å². The molecule has 1 aromatic rings. The SMILES string of the molecule is Ic1cnn(CC2CCCNC2)c1. The van der Waals surface area contributed by atoms with Gasteiger partial charge in [-0.15, -0.1) is 0 Å². The van der Waals surface area contributed by atoms with Gasteiger partial charge in [0.2, 0.25) is 0 Å². The molecule has 0 aliphatic carbocycles. The molecular formula is C9H14IN3. The number of piperidine rings is 1. The summed E-state index contributed by atoms with van der Waals surface area (Å²) in [5.41, 5.74) is 0. The molecule has 2 heterocycles. The summed E-state index contributed by atoms with van der Waals surface area (Å²) in [6, 6.07) is 0. The second-order valence-corrected chi connectivity index (χ2v) is 4.84. The lowest BCUT2D eigenvalue weighted by Gasteiger charge is -2.22. The number of aromatic nitrogens is 2. The molecule has 0 saturated carbocycles. The van der Waals surface area contributed by atoms with Crippen molar-refractivity contribution in [2.75, 3.05) is 13.1 Å². The van der Waals surface area contributed by atoms with E-state index in [0.717, 1.165) is 19.0 Å². The normalized spacial score (nSPS) is 23.3. The van der Waals surface area contributed by atoms with Crippen LogP contribution >= 0.6 is 22.6 Å². The van der Waals surface area contributed by atoms with Crippen LogP contribution in [0.4, 0.5) is 0 Å². The van der Waals surface area contributed by atoms with Crippen LogP contribution in [-0.4, -0.2) is 22.9 Å². The van der Waals surface area contributed by atoms with Gasteiger partial charge in [-0.1, -0.05) is 0 Å². The first-order valence-corrected chi connectivity index (χ1v) is 5.81. The summed E-state index contributed by atoms with van der Waals surface area (Å²) in [6.45, 7) is 3.40. The van der Waals surface area contributed by atoms with Crippen molar-refractivity contribution in [2.24, 2.45) is 5.92 Å². The lowest BCUT2D eigenvalue weighted by Crippen LogP contribution is -2.32.